The highest BCUT2D eigenvalue weighted by Crippen LogP contribution is 2.38. The lowest BCUT2D eigenvalue weighted by Crippen LogP contribution is -2.53. The molecule has 2 N–H and O–H groups in total. The van der Waals surface area contributed by atoms with Crippen LogP contribution in [0.3, 0.4) is 0 Å². The first-order chi connectivity index (χ1) is 12.9. The fraction of sp³-hybridized carbons (Fsp3) is 0.316. The van der Waals surface area contributed by atoms with Gasteiger partial charge in [0.15, 0.2) is 5.54 Å². The molecular weight excluding hydrogens is 393 g/mol. The van der Waals surface area contributed by atoms with Crippen molar-refractivity contribution >= 4 is 15.9 Å². The highest BCUT2D eigenvalue weighted by Gasteiger charge is 2.53. The van der Waals surface area contributed by atoms with E-state index in [2.05, 4.69) is 4.72 Å². The van der Waals surface area contributed by atoms with Gasteiger partial charge in [0, 0.05) is 11.6 Å². The summed E-state index contributed by atoms with van der Waals surface area (Å²) in [6.07, 6.45) is -4.77. The Bertz CT molecular complexity index is 944. The normalized spacial score (nSPS) is 14.5. The number of hydrogen-bond acceptors (Lipinski definition) is 3. The first kappa shape index (κ1) is 21.9. The molecule has 0 radical (unpaired) electrons. The topological polar surface area (TPSA) is 75.3 Å². The summed E-state index contributed by atoms with van der Waals surface area (Å²) < 4.78 is 68.2. The number of benzene rings is 2. The van der Waals surface area contributed by atoms with Crippen LogP contribution in [0.15, 0.2) is 59.5 Å². The molecular formula is C19H21F3N2O3S. The second kappa shape index (κ2) is 7.92. The van der Waals surface area contributed by atoms with Gasteiger partial charge < -0.3 is 5.32 Å². The van der Waals surface area contributed by atoms with Crippen molar-refractivity contribution in [1.82, 2.24) is 10.0 Å². The summed E-state index contributed by atoms with van der Waals surface area (Å²) in [6, 6.07) is 11.5. The third-order valence-electron chi connectivity index (χ3n) is 4.08. The van der Waals surface area contributed by atoms with E-state index in [9.17, 15) is 26.4 Å². The zero-order valence-electron chi connectivity index (χ0n) is 15.5. The summed E-state index contributed by atoms with van der Waals surface area (Å²) in [5.41, 5.74) is -2.98. The molecule has 2 rings (SSSR count). The summed E-state index contributed by atoms with van der Waals surface area (Å²) in [7, 11) is -3.89. The minimum absolute atomic E-state index is 0.138. The van der Waals surface area contributed by atoms with Crippen LogP contribution in [0.4, 0.5) is 13.2 Å². The number of hydrogen-bond donors (Lipinski definition) is 2. The lowest BCUT2D eigenvalue weighted by atomic mass is 9.90. The van der Waals surface area contributed by atoms with E-state index in [0.29, 0.717) is 0 Å². The van der Waals surface area contributed by atoms with Gasteiger partial charge in [0.2, 0.25) is 10.0 Å². The van der Waals surface area contributed by atoms with Gasteiger partial charge in [-0.2, -0.15) is 13.2 Å². The number of carbonyl (C=O) groups is 1. The molecule has 1 atom stereocenters. The Labute approximate surface area is 162 Å². The Hall–Kier alpha value is -2.39. The molecule has 0 aliphatic heterocycles. The van der Waals surface area contributed by atoms with Gasteiger partial charge in [-0.1, -0.05) is 36.4 Å². The number of carbonyl (C=O) groups excluding carboxylic acids is 1. The maximum Gasteiger partial charge on any atom is 0.415 e. The third kappa shape index (κ3) is 4.71. The Kier molecular flexibility index (Phi) is 6.20. The van der Waals surface area contributed by atoms with Gasteiger partial charge in [-0.3, -0.25) is 4.79 Å². The monoisotopic (exact) mass is 414 g/mol. The molecule has 0 unspecified atom stereocenters. The van der Waals surface area contributed by atoms with Gasteiger partial charge in [-0.25, -0.2) is 13.1 Å². The quantitative estimate of drug-likeness (QED) is 0.759. The minimum Gasteiger partial charge on any atom is -0.334 e. The number of sulfonamides is 1. The molecule has 9 heteroatoms. The van der Waals surface area contributed by atoms with Crippen LogP contribution in [0.5, 0.6) is 0 Å². The highest BCUT2D eigenvalue weighted by atomic mass is 32.2. The minimum atomic E-state index is -4.77. The molecule has 1 amide bonds. The van der Waals surface area contributed by atoms with E-state index in [0.717, 1.165) is 13.0 Å². The van der Waals surface area contributed by atoms with E-state index in [-0.39, 0.29) is 22.1 Å². The van der Waals surface area contributed by atoms with Crippen molar-refractivity contribution in [3.8, 4) is 0 Å². The van der Waals surface area contributed by atoms with E-state index in [1.807, 2.05) is 5.32 Å². The molecule has 0 aromatic heterocycles. The summed E-state index contributed by atoms with van der Waals surface area (Å²) >= 11 is 0. The largest absolute Gasteiger partial charge is 0.415 e. The van der Waals surface area contributed by atoms with Crippen molar-refractivity contribution in [2.24, 2.45) is 0 Å². The number of nitrogens with one attached hydrogen (secondary N) is 2. The maximum atomic E-state index is 13.8. The molecule has 0 bridgehead atoms. The average molecular weight is 414 g/mol. The van der Waals surface area contributed by atoms with Crippen LogP contribution in [-0.4, -0.2) is 26.5 Å². The molecule has 28 heavy (non-hydrogen) atoms. The van der Waals surface area contributed by atoms with Crippen molar-refractivity contribution in [3.63, 3.8) is 0 Å². The van der Waals surface area contributed by atoms with Crippen LogP contribution in [0.2, 0.25) is 0 Å². The van der Waals surface area contributed by atoms with Gasteiger partial charge in [0.05, 0.1) is 4.90 Å². The van der Waals surface area contributed by atoms with Gasteiger partial charge in [-0.05, 0) is 44.5 Å². The van der Waals surface area contributed by atoms with Gasteiger partial charge >= 0.3 is 6.18 Å². The second-order valence-corrected chi connectivity index (χ2v) is 8.46. The van der Waals surface area contributed by atoms with E-state index in [1.54, 1.807) is 19.9 Å². The van der Waals surface area contributed by atoms with Crippen LogP contribution in [0, 0.1) is 0 Å². The number of halogens is 3. The Morgan fingerprint density at radius 3 is 2.14 bits per heavy atom. The molecule has 2 aromatic carbocycles. The van der Waals surface area contributed by atoms with E-state index >= 15 is 0 Å². The smallest absolute Gasteiger partial charge is 0.334 e. The van der Waals surface area contributed by atoms with E-state index in [1.165, 1.54) is 42.5 Å². The predicted molar refractivity (Wildman–Crippen MR) is 99.2 cm³/mol. The van der Waals surface area contributed by atoms with Crippen molar-refractivity contribution in [3.05, 3.63) is 65.7 Å². The number of amides is 1. The van der Waals surface area contributed by atoms with Gasteiger partial charge in [0.1, 0.15) is 0 Å². The average Bonchev–Trinajstić information content (AvgIpc) is 2.60. The van der Waals surface area contributed by atoms with E-state index < -0.39 is 27.6 Å². The highest BCUT2D eigenvalue weighted by molar-refractivity contribution is 7.89. The van der Waals surface area contributed by atoms with Crippen LogP contribution in [0.1, 0.15) is 36.7 Å². The third-order valence-corrected chi connectivity index (χ3v) is 5.74. The predicted octanol–water partition coefficient (Wildman–Crippen LogP) is 3.58. The molecule has 2 aromatic rings. The zero-order chi connectivity index (χ0) is 21.2. The number of alkyl halides is 3. The molecule has 0 heterocycles. The van der Waals surface area contributed by atoms with Crippen molar-refractivity contribution in [2.75, 3.05) is 0 Å². The van der Waals surface area contributed by atoms with Gasteiger partial charge in [-0.15, -0.1) is 0 Å². The molecule has 152 valence electrons. The fourth-order valence-electron chi connectivity index (χ4n) is 2.56. The Morgan fingerprint density at radius 2 is 1.61 bits per heavy atom. The van der Waals surface area contributed by atoms with Crippen LogP contribution >= 0.6 is 0 Å². The summed E-state index contributed by atoms with van der Waals surface area (Å²) in [6.45, 7) is 4.12. The molecule has 0 aliphatic rings. The summed E-state index contributed by atoms with van der Waals surface area (Å²) in [5, 5.41) is 2.01. The van der Waals surface area contributed by atoms with E-state index in [4.69, 9.17) is 0 Å². The SMILES string of the molecule is CC(C)NS(=O)(=O)c1cccc(C(=O)N[C@](C)(c2ccccc2)C(F)(F)F)c1. The lowest BCUT2D eigenvalue weighted by molar-refractivity contribution is -0.192. The molecule has 5 nitrogen and oxygen atoms in total. The van der Waals surface area contributed by atoms with Gasteiger partial charge in [0.25, 0.3) is 5.91 Å². The number of rotatable bonds is 6. The molecule has 0 saturated heterocycles. The molecule has 0 saturated carbocycles. The second-order valence-electron chi connectivity index (χ2n) is 6.75. The first-order valence-corrected chi connectivity index (χ1v) is 9.92. The van der Waals surface area contributed by atoms with Crippen LogP contribution in [0.25, 0.3) is 0 Å². The molecule has 0 fully saturated rings. The Morgan fingerprint density at radius 1 is 1.00 bits per heavy atom. The van der Waals surface area contributed by atoms with Crippen LogP contribution in [-0.2, 0) is 15.6 Å². The molecule has 0 aliphatic carbocycles. The Balaban J connectivity index is 2.39. The first-order valence-electron chi connectivity index (χ1n) is 8.44. The van der Waals surface area contributed by atoms with Crippen LogP contribution < -0.4 is 10.0 Å². The van der Waals surface area contributed by atoms with Crippen molar-refractivity contribution in [1.29, 1.82) is 0 Å². The zero-order valence-corrected chi connectivity index (χ0v) is 16.4. The van der Waals surface area contributed by atoms with Crippen molar-refractivity contribution in [2.45, 2.75) is 43.4 Å². The summed E-state index contributed by atoms with van der Waals surface area (Å²) in [5.74, 6) is -1.04. The maximum absolute atomic E-state index is 13.8. The summed E-state index contributed by atoms with van der Waals surface area (Å²) in [4.78, 5) is 12.3. The standard InChI is InChI=1S/C19H21F3N2O3S/c1-13(2)24-28(26,27)16-11-7-8-14(12-16)17(25)23-18(3,19(20,21)22)15-9-5-4-6-10-15/h4-13,24H,1-3H3,(H,23,25)/t18-/m1/s1. The lowest BCUT2D eigenvalue weighted by Gasteiger charge is -2.33. The fourth-order valence-corrected chi connectivity index (χ4v) is 3.86. The van der Waals surface area contributed by atoms with Crippen molar-refractivity contribution < 1.29 is 26.4 Å². The molecule has 0 spiro atoms.